The molecule has 0 spiro atoms. The summed E-state index contributed by atoms with van der Waals surface area (Å²) < 4.78 is 24.6. The van der Waals surface area contributed by atoms with Crippen molar-refractivity contribution in [1.29, 1.82) is 0 Å². The monoisotopic (exact) mass is 353 g/mol. The number of hydrogen-bond acceptors (Lipinski definition) is 4. The van der Waals surface area contributed by atoms with Gasteiger partial charge in [0.1, 0.15) is 17.5 Å². The molecule has 25 heavy (non-hydrogen) atoms. The molecule has 5 nitrogen and oxygen atoms in total. The van der Waals surface area contributed by atoms with Crippen LogP contribution < -0.4 is 5.32 Å². The highest BCUT2D eigenvalue weighted by atomic mass is 19.1. The summed E-state index contributed by atoms with van der Waals surface area (Å²) in [7, 11) is 0. The fourth-order valence-corrected chi connectivity index (χ4v) is 2.91. The first-order chi connectivity index (χ1) is 11.7. The van der Waals surface area contributed by atoms with Gasteiger partial charge >= 0.3 is 6.09 Å². The number of aliphatic hydroxyl groups is 1. The van der Waals surface area contributed by atoms with E-state index in [1.807, 2.05) is 20.8 Å². The number of nitrogens with one attached hydrogen (secondary N) is 1. The molecule has 1 unspecified atom stereocenters. The molecule has 2 N–H and O–H groups in total. The van der Waals surface area contributed by atoms with Crippen molar-refractivity contribution in [3.05, 3.63) is 35.6 Å². The Balaban J connectivity index is 1.70. The van der Waals surface area contributed by atoms with Gasteiger partial charge in [-0.3, -0.25) is 0 Å². The molecular weight excluding hydrogens is 325 g/mol. The molecule has 0 radical (unpaired) electrons. The Labute approximate surface area is 148 Å². The zero-order valence-corrected chi connectivity index (χ0v) is 15.1. The molecule has 6 heteroatoms. The van der Waals surface area contributed by atoms with Gasteiger partial charge in [-0.05, 0) is 52.5 Å². The van der Waals surface area contributed by atoms with Crippen molar-refractivity contribution in [1.82, 2.24) is 5.32 Å². The van der Waals surface area contributed by atoms with E-state index in [-0.39, 0.29) is 24.3 Å². The van der Waals surface area contributed by atoms with Crippen LogP contribution in [-0.2, 0) is 9.47 Å². The summed E-state index contributed by atoms with van der Waals surface area (Å²) in [6.45, 7) is 5.56. The van der Waals surface area contributed by atoms with Crippen molar-refractivity contribution >= 4 is 6.09 Å². The zero-order chi connectivity index (χ0) is 18.4. The van der Waals surface area contributed by atoms with Crippen LogP contribution in [0, 0.1) is 5.82 Å². The van der Waals surface area contributed by atoms with E-state index >= 15 is 0 Å². The van der Waals surface area contributed by atoms with Crippen LogP contribution >= 0.6 is 0 Å². The predicted octanol–water partition coefficient (Wildman–Crippen LogP) is 3.71. The van der Waals surface area contributed by atoms with E-state index in [0.29, 0.717) is 0 Å². The van der Waals surface area contributed by atoms with Gasteiger partial charge < -0.3 is 19.9 Å². The molecule has 1 aromatic rings. The number of amides is 1. The third-order valence-electron chi connectivity index (χ3n) is 4.15. The minimum Gasteiger partial charge on any atom is -0.444 e. The number of carbonyl (C=O) groups excluding carboxylic acids is 1. The van der Waals surface area contributed by atoms with E-state index in [1.165, 1.54) is 6.07 Å². The second kappa shape index (κ2) is 8.63. The van der Waals surface area contributed by atoms with E-state index in [2.05, 4.69) is 5.32 Å². The molecule has 1 amide bonds. The highest BCUT2D eigenvalue weighted by molar-refractivity contribution is 5.68. The third kappa shape index (κ3) is 6.63. The molecule has 1 aliphatic carbocycles. The van der Waals surface area contributed by atoms with Crippen LogP contribution in [-0.4, -0.2) is 35.6 Å². The van der Waals surface area contributed by atoms with Crippen molar-refractivity contribution in [3.8, 4) is 0 Å². The van der Waals surface area contributed by atoms with Gasteiger partial charge in [-0.1, -0.05) is 18.2 Å². The van der Waals surface area contributed by atoms with Gasteiger partial charge in [0.05, 0.1) is 12.7 Å². The topological polar surface area (TPSA) is 67.8 Å². The van der Waals surface area contributed by atoms with Gasteiger partial charge in [0, 0.05) is 11.6 Å². The lowest BCUT2D eigenvalue weighted by atomic mass is 9.93. The van der Waals surface area contributed by atoms with Crippen molar-refractivity contribution in [3.63, 3.8) is 0 Å². The van der Waals surface area contributed by atoms with E-state index in [4.69, 9.17) is 9.47 Å². The number of carbonyl (C=O) groups is 1. The first-order valence-corrected chi connectivity index (χ1v) is 8.78. The largest absolute Gasteiger partial charge is 0.444 e. The molecule has 0 saturated heterocycles. The molecule has 1 saturated carbocycles. The number of hydrogen-bond donors (Lipinski definition) is 2. The van der Waals surface area contributed by atoms with Crippen LogP contribution in [0.3, 0.4) is 0 Å². The third-order valence-corrected chi connectivity index (χ3v) is 4.15. The minimum absolute atomic E-state index is 0.0121. The maximum Gasteiger partial charge on any atom is 0.407 e. The lowest BCUT2D eigenvalue weighted by Crippen LogP contribution is -2.42. The van der Waals surface area contributed by atoms with Gasteiger partial charge in [0.2, 0.25) is 0 Å². The Morgan fingerprint density at radius 1 is 1.28 bits per heavy atom. The van der Waals surface area contributed by atoms with Crippen molar-refractivity contribution < 1.29 is 23.8 Å². The Bertz CT molecular complexity index is 565. The molecule has 2 rings (SSSR count). The van der Waals surface area contributed by atoms with Crippen LogP contribution in [0.1, 0.15) is 58.1 Å². The van der Waals surface area contributed by atoms with Gasteiger partial charge in [-0.25, -0.2) is 9.18 Å². The lowest BCUT2D eigenvalue weighted by Gasteiger charge is -2.30. The Kier molecular flexibility index (Phi) is 6.79. The van der Waals surface area contributed by atoms with Crippen molar-refractivity contribution in [2.24, 2.45) is 0 Å². The average molecular weight is 353 g/mol. The van der Waals surface area contributed by atoms with Crippen molar-refractivity contribution in [2.75, 3.05) is 6.61 Å². The maximum absolute atomic E-state index is 13.6. The van der Waals surface area contributed by atoms with Crippen LogP contribution in [0.15, 0.2) is 24.3 Å². The summed E-state index contributed by atoms with van der Waals surface area (Å²) in [5, 5.41) is 13.0. The van der Waals surface area contributed by atoms with Gasteiger partial charge in [-0.2, -0.15) is 0 Å². The SMILES string of the molecule is CC(C)(C)OC(=O)NC1CCC(OCC(O)c2ccccc2F)CC1. The first kappa shape index (κ1) is 19.7. The van der Waals surface area contributed by atoms with Gasteiger partial charge in [0.25, 0.3) is 0 Å². The molecular formula is C19H28FNO4. The normalized spacial score (nSPS) is 22.3. The molecule has 0 bridgehead atoms. The second-order valence-corrected chi connectivity index (χ2v) is 7.49. The number of halogens is 1. The van der Waals surface area contributed by atoms with Gasteiger partial charge in [-0.15, -0.1) is 0 Å². The van der Waals surface area contributed by atoms with E-state index in [1.54, 1.807) is 18.2 Å². The number of benzene rings is 1. The highest BCUT2D eigenvalue weighted by Gasteiger charge is 2.26. The first-order valence-electron chi connectivity index (χ1n) is 8.78. The van der Waals surface area contributed by atoms with Crippen LogP contribution in [0.4, 0.5) is 9.18 Å². The highest BCUT2D eigenvalue weighted by Crippen LogP contribution is 2.24. The second-order valence-electron chi connectivity index (χ2n) is 7.49. The quantitative estimate of drug-likeness (QED) is 0.847. The number of aliphatic hydroxyl groups excluding tert-OH is 1. The molecule has 0 aromatic heterocycles. The summed E-state index contributed by atoms with van der Waals surface area (Å²) >= 11 is 0. The summed E-state index contributed by atoms with van der Waals surface area (Å²) in [4.78, 5) is 11.8. The Morgan fingerprint density at radius 3 is 2.52 bits per heavy atom. The molecule has 1 fully saturated rings. The molecule has 1 aliphatic rings. The summed E-state index contributed by atoms with van der Waals surface area (Å²) in [6.07, 6.45) is 1.79. The maximum atomic E-state index is 13.6. The van der Waals surface area contributed by atoms with E-state index in [9.17, 15) is 14.3 Å². The van der Waals surface area contributed by atoms with Crippen LogP contribution in [0.25, 0.3) is 0 Å². The standard InChI is InChI=1S/C19H28FNO4/c1-19(2,3)25-18(23)21-13-8-10-14(11-9-13)24-12-17(22)15-6-4-5-7-16(15)20/h4-7,13-14,17,22H,8-12H2,1-3H3,(H,21,23). The number of alkyl carbamates (subject to hydrolysis) is 1. The molecule has 0 aliphatic heterocycles. The summed E-state index contributed by atoms with van der Waals surface area (Å²) in [5.41, 5.74) is -0.254. The van der Waals surface area contributed by atoms with E-state index < -0.39 is 23.6 Å². The summed E-state index contributed by atoms with van der Waals surface area (Å²) in [5.74, 6) is -0.427. The summed E-state index contributed by atoms with van der Waals surface area (Å²) in [6, 6.07) is 6.24. The fraction of sp³-hybridized carbons (Fsp3) is 0.632. The Hall–Kier alpha value is -1.66. The van der Waals surface area contributed by atoms with Gasteiger partial charge in [0.15, 0.2) is 0 Å². The molecule has 1 aromatic carbocycles. The molecule has 0 heterocycles. The average Bonchev–Trinajstić information content (AvgIpc) is 2.52. The molecule has 140 valence electrons. The van der Waals surface area contributed by atoms with Crippen molar-refractivity contribution in [2.45, 2.75) is 70.3 Å². The minimum atomic E-state index is -0.973. The fourth-order valence-electron chi connectivity index (χ4n) is 2.91. The smallest absolute Gasteiger partial charge is 0.407 e. The lowest BCUT2D eigenvalue weighted by molar-refractivity contribution is -0.0291. The number of rotatable bonds is 5. The number of ether oxygens (including phenoxy) is 2. The Morgan fingerprint density at radius 2 is 1.92 bits per heavy atom. The zero-order valence-electron chi connectivity index (χ0n) is 15.1. The molecule has 1 atom stereocenters. The van der Waals surface area contributed by atoms with E-state index in [0.717, 1.165) is 25.7 Å². The van der Waals surface area contributed by atoms with Crippen LogP contribution in [0.2, 0.25) is 0 Å². The predicted molar refractivity (Wildman–Crippen MR) is 92.7 cm³/mol. The van der Waals surface area contributed by atoms with Crippen LogP contribution in [0.5, 0.6) is 0 Å².